The van der Waals surface area contributed by atoms with Gasteiger partial charge in [-0.2, -0.15) is 0 Å². The number of carbonyl (C=O) groups is 2. The third-order valence-corrected chi connectivity index (χ3v) is 9.16. The molecule has 2 aliphatic heterocycles. The smallest absolute Gasteiger partial charge is 0.309 e. The number of hydrogen-bond donors (Lipinski definition) is 0. The summed E-state index contributed by atoms with van der Waals surface area (Å²) in [6, 6.07) is 30.4. The highest BCUT2D eigenvalue weighted by Gasteiger charge is 2.38. The summed E-state index contributed by atoms with van der Waals surface area (Å²) in [7, 11) is 0. The van der Waals surface area contributed by atoms with Crippen LogP contribution in [0.2, 0.25) is 20.1 Å². The predicted octanol–water partition coefficient (Wildman–Crippen LogP) is 10.8. The van der Waals surface area contributed by atoms with Crippen LogP contribution >= 0.6 is 46.4 Å². The minimum Gasteiger partial charge on any atom is -0.457 e. The van der Waals surface area contributed by atoms with Crippen LogP contribution in [0.15, 0.2) is 97.1 Å². The molecule has 44 heavy (non-hydrogen) atoms. The van der Waals surface area contributed by atoms with Crippen LogP contribution in [-0.2, 0) is 19.1 Å². The zero-order chi connectivity index (χ0) is 31.4. The molecule has 8 heteroatoms. The van der Waals surface area contributed by atoms with E-state index >= 15 is 0 Å². The molecule has 2 fully saturated rings. The van der Waals surface area contributed by atoms with Gasteiger partial charge in [0.25, 0.3) is 0 Å². The Balaban J connectivity index is 0.000000175. The summed E-state index contributed by atoms with van der Waals surface area (Å²) < 4.78 is 11.4. The van der Waals surface area contributed by atoms with Gasteiger partial charge in [-0.1, -0.05) is 109 Å². The first-order valence-corrected chi connectivity index (χ1v) is 16.0. The van der Waals surface area contributed by atoms with Gasteiger partial charge in [0.2, 0.25) is 0 Å². The quantitative estimate of drug-likeness (QED) is 0.203. The highest BCUT2D eigenvalue weighted by Crippen LogP contribution is 2.45. The van der Waals surface area contributed by atoms with Gasteiger partial charge >= 0.3 is 11.9 Å². The van der Waals surface area contributed by atoms with E-state index in [1.165, 1.54) is 0 Å². The number of halogens is 4. The van der Waals surface area contributed by atoms with E-state index in [4.69, 9.17) is 55.9 Å². The lowest BCUT2D eigenvalue weighted by Gasteiger charge is -2.35. The van der Waals surface area contributed by atoms with Gasteiger partial charge in [0, 0.05) is 31.9 Å². The Labute approximate surface area is 278 Å². The monoisotopic (exact) mass is 668 g/mol. The molecule has 4 aromatic carbocycles. The van der Waals surface area contributed by atoms with Crippen molar-refractivity contribution in [1.29, 1.82) is 0 Å². The van der Waals surface area contributed by atoms with E-state index in [-0.39, 0.29) is 47.8 Å². The first-order valence-electron chi connectivity index (χ1n) is 14.5. The number of benzene rings is 4. The summed E-state index contributed by atoms with van der Waals surface area (Å²) in [6.45, 7) is 3.80. The average Bonchev–Trinajstić information content (AvgIpc) is 3.01. The van der Waals surface area contributed by atoms with Crippen LogP contribution in [0, 0.1) is 11.8 Å². The summed E-state index contributed by atoms with van der Waals surface area (Å²) >= 11 is 24.1. The largest absolute Gasteiger partial charge is 0.457 e. The summed E-state index contributed by atoms with van der Waals surface area (Å²) in [5.41, 5.74) is 4.09. The zero-order valence-electron chi connectivity index (χ0n) is 24.3. The molecule has 0 amide bonds. The van der Waals surface area contributed by atoms with Gasteiger partial charge in [0.05, 0.1) is 11.8 Å². The maximum atomic E-state index is 12.0. The molecule has 0 radical (unpaired) electrons. The van der Waals surface area contributed by atoms with E-state index in [0.29, 0.717) is 20.1 Å². The van der Waals surface area contributed by atoms with Crippen LogP contribution in [0.3, 0.4) is 0 Å². The predicted molar refractivity (Wildman–Crippen MR) is 177 cm³/mol. The Morgan fingerprint density at radius 2 is 0.864 bits per heavy atom. The van der Waals surface area contributed by atoms with E-state index in [2.05, 4.69) is 0 Å². The second kappa shape index (κ2) is 14.4. The van der Waals surface area contributed by atoms with Crippen molar-refractivity contribution in [2.45, 2.75) is 50.7 Å². The van der Waals surface area contributed by atoms with Crippen molar-refractivity contribution in [2.24, 2.45) is 11.8 Å². The lowest BCUT2D eigenvalue weighted by Crippen LogP contribution is -2.30. The molecule has 6 atom stereocenters. The lowest BCUT2D eigenvalue weighted by atomic mass is 9.80. The van der Waals surface area contributed by atoms with Crippen LogP contribution in [0.25, 0.3) is 0 Å². The van der Waals surface area contributed by atoms with Gasteiger partial charge < -0.3 is 9.47 Å². The molecule has 2 saturated heterocycles. The van der Waals surface area contributed by atoms with Gasteiger partial charge in [-0.05, 0) is 83.6 Å². The number of carbonyl (C=O) groups excluding carboxylic acids is 2. The Morgan fingerprint density at radius 3 is 1.20 bits per heavy atom. The molecule has 228 valence electrons. The van der Waals surface area contributed by atoms with Gasteiger partial charge in [-0.15, -0.1) is 0 Å². The minimum atomic E-state index is -0.306. The van der Waals surface area contributed by atoms with E-state index in [0.717, 1.165) is 35.1 Å². The van der Waals surface area contributed by atoms with Crippen molar-refractivity contribution in [1.82, 2.24) is 0 Å². The van der Waals surface area contributed by atoms with Crippen molar-refractivity contribution in [2.75, 3.05) is 0 Å². The molecule has 0 unspecified atom stereocenters. The minimum absolute atomic E-state index is 0.0903. The second-order valence-electron chi connectivity index (χ2n) is 11.4. The maximum absolute atomic E-state index is 12.0. The van der Waals surface area contributed by atoms with Gasteiger partial charge in [-0.3, -0.25) is 9.59 Å². The van der Waals surface area contributed by atoms with Crippen molar-refractivity contribution < 1.29 is 19.1 Å². The molecule has 6 rings (SSSR count). The van der Waals surface area contributed by atoms with E-state index in [1.54, 1.807) is 0 Å². The third kappa shape index (κ3) is 7.79. The molecule has 0 aromatic heterocycles. The summed E-state index contributed by atoms with van der Waals surface area (Å²) in [4.78, 5) is 24.0. The van der Waals surface area contributed by atoms with E-state index in [1.807, 2.05) is 111 Å². The molecule has 0 saturated carbocycles. The molecule has 0 bridgehead atoms. The normalized spacial score (nSPS) is 24.9. The fraction of sp³-hybridized carbons (Fsp3) is 0.278. The molecular weight excluding hydrogens is 638 g/mol. The first kappa shape index (κ1) is 32.4. The second-order valence-corrected chi connectivity index (χ2v) is 13.2. The maximum Gasteiger partial charge on any atom is 0.309 e. The van der Waals surface area contributed by atoms with Crippen LogP contribution in [-0.4, -0.2) is 11.9 Å². The topological polar surface area (TPSA) is 52.6 Å². The summed E-state index contributed by atoms with van der Waals surface area (Å²) in [6.07, 6.45) is 0.873. The molecule has 0 aliphatic carbocycles. The summed E-state index contributed by atoms with van der Waals surface area (Å²) in [5, 5.41) is 2.71. The van der Waals surface area contributed by atoms with E-state index in [9.17, 15) is 9.59 Å². The molecular formula is C36H32Cl4O4. The molecule has 4 nitrogen and oxygen atoms in total. The third-order valence-electron chi connectivity index (χ3n) is 8.19. The van der Waals surface area contributed by atoms with Crippen LogP contribution in [0.5, 0.6) is 0 Å². The van der Waals surface area contributed by atoms with Gasteiger partial charge in [0.1, 0.15) is 12.2 Å². The fourth-order valence-corrected chi connectivity index (χ4v) is 6.50. The van der Waals surface area contributed by atoms with Crippen molar-refractivity contribution >= 4 is 58.3 Å². The number of hydrogen-bond acceptors (Lipinski definition) is 4. The van der Waals surface area contributed by atoms with E-state index < -0.39 is 0 Å². The van der Waals surface area contributed by atoms with Crippen molar-refractivity contribution in [3.63, 3.8) is 0 Å². The zero-order valence-corrected chi connectivity index (χ0v) is 27.3. The highest BCUT2D eigenvalue weighted by molar-refractivity contribution is 6.31. The molecule has 2 aliphatic rings. The van der Waals surface area contributed by atoms with Gasteiger partial charge in [-0.25, -0.2) is 0 Å². The number of esters is 2. The molecule has 0 spiro atoms. The molecule has 4 aromatic rings. The Morgan fingerprint density at radius 1 is 0.500 bits per heavy atom. The Kier molecular flexibility index (Phi) is 10.6. The van der Waals surface area contributed by atoms with Gasteiger partial charge in [0.15, 0.2) is 0 Å². The highest BCUT2D eigenvalue weighted by atomic mass is 35.5. The number of cyclic esters (lactones) is 2. The standard InChI is InChI=1S/2C18H16Cl2O2/c2*1-11-9-16(13-3-2-4-15(20)10-13)17(22-18(11)21)12-5-7-14(19)8-6-12/h2*2-8,10-11,16-17H,9H2,1H3/t11-,16+,17-;11-,16-,17+/m01/s1. The Bertz CT molecular complexity index is 1480. The average molecular weight is 670 g/mol. The SMILES string of the molecule is C[C@@H]1C[C@H](c2cccc(Cl)c2)[C@H](c2ccc(Cl)cc2)OC1=O.C[C@H]1C[C@H](c2cccc(Cl)c2)[C@H](c2ccc(Cl)cc2)OC1=O. The molecule has 2 heterocycles. The number of rotatable bonds is 4. The fourth-order valence-electron chi connectivity index (χ4n) is 5.85. The van der Waals surface area contributed by atoms with Crippen LogP contribution < -0.4 is 0 Å². The van der Waals surface area contributed by atoms with Crippen molar-refractivity contribution in [3.05, 3.63) is 139 Å². The van der Waals surface area contributed by atoms with Crippen LogP contribution in [0.1, 0.15) is 73.0 Å². The van der Waals surface area contributed by atoms with Crippen LogP contribution in [0.4, 0.5) is 0 Å². The first-order chi connectivity index (χ1) is 21.1. The molecule has 0 N–H and O–H groups in total. The lowest BCUT2D eigenvalue weighted by molar-refractivity contribution is -0.162. The van der Waals surface area contributed by atoms with Crippen molar-refractivity contribution in [3.8, 4) is 0 Å². The Hall–Kier alpha value is -3.02. The number of ether oxygens (including phenoxy) is 2. The summed E-state index contributed by atoms with van der Waals surface area (Å²) in [5.74, 6) is -0.364.